The number of carboxylic acid groups (broad SMARTS) is 1. The predicted octanol–water partition coefficient (Wildman–Crippen LogP) is 1.56. The maximum atomic E-state index is 11.5. The molecule has 0 bridgehead atoms. The van der Waals surface area contributed by atoms with Gasteiger partial charge < -0.3 is 38.3 Å². The number of unbranched alkanes of at least 4 members (excludes halogenated alkanes) is 3. The number of hydrogen-bond acceptors (Lipinski definition) is 11. The summed E-state index contributed by atoms with van der Waals surface area (Å²) in [5.41, 5.74) is 0. The van der Waals surface area contributed by atoms with Crippen LogP contribution in [0.2, 0.25) is 0 Å². The maximum absolute atomic E-state index is 11.5. The van der Waals surface area contributed by atoms with Crippen molar-refractivity contribution in [2.45, 2.75) is 51.9 Å². The first-order chi connectivity index (χ1) is 17.5. The monoisotopic (exact) mass is 522 g/mol. The van der Waals surface area contributed by atoms with Crippen molar-refractivity contribution in [1.29, 1.82) is 0 Å². The van der Waals surface area contributed by atoms with E-state index in [-0.39, 0.29) is 38.6 Å². The molecule has 0 aliphatic heterocycles. The molecule has 0 atom stereocenters. The van der Waals surface area contributed by atoms with Crippen LogP contribution in [0.1, 0.15) is 51.9 Å². The summed E-state index contributed by atoms with van der Waals surface area (Å²) in [6.07, 6.45) is 4.02. The first kappa shape index (κ1) is 33.9. The van der Waals surface area contributed by atoms with Crippen LogP contribution >= 0.6 is 0 Å². The zero-order valence-electron chi connectivity index (χ0n) is 21.4. The van der Waals surface area contributed by atoms with E-state index < -0.39 is 17.7 Å². The van der Waals surface area contributed by atoms with Crippen LogP contribution in [0.5, 0.6) is 0 Å². The van der Waals surface area contributed by atoms with Crippen LogP contribution < -0.4 is 0 Å². The lowest BCUT2D eigenvalue weighted by molar-refractivity contribution is -0.151. The summed E-state index contributed by atoms with van der Waals surface area (Å²) in [6, 6.07) is 0. The SMILES string of the molecule is CCCCCCC(=O)OCCOCCOCCOCCOCCOCCOC(=O)CCC(=O)C(=O)O. The van der Waals surface area contributed by atoms with Gasteiger partial charge in [0.05, 0.1) is 72.5 Å². The minimum atomic E-state index is -1.56. The summed E-state index contributed by atoms with van der Waals surface area (Å²) in [5, 5.41) is 8.41. The number of ketones is 1. The van der Waals surface area contributed by atoms with Crippen molar-refractivity contribution in [2.75, 3.05) is 79.3 Å². The van der Waals surface area contributed by atoms with Gasteiger partial charge in [-0.15, -0.1) is 0 Å². The lowest BCUT2D eigenvalue weighted by atomic mass is 10.2. The zero-order valence-corrected chi connectivity index (χ0v) is 21.4. The fraction of sp³-hybridized carbons (Fsp3) is 0.833. The first-order valence-electron chi connectivity index (χ1n) is 12.4. The van der Waals surface area contributed by atoms with Crippen molar-refractivity contribution < 1.29 is 57.4 Å². The molecule has 0 aromatic rings. The quantitative estimate of drug-likeness (QED) is 0.0946. The average Bonchev–Trinajstić information content (AvgIpc) is 2.86. The molecular formula is C24H42O12. The van der Waals surface area contributed by atoms with Crippen LogP contribution in [0.15, 0.2) is 0 Å². The largest absolute Gasteiger partial charge is 0.476 e. The Morgan fingerprint density at radius 1 is 0.500 bits per heavy atom. The molecule has 0 rings (SSSR count). The molecular weight excluding hydrogens is 480 g/mol. The second kappa shape index (κ2) is 26.0. The zero-order chi connectivity index (χ0) is 26.7. The van der Waals surface area contributed by atoms with Crippen LogP contribution in [0.25, 0.3) is 0 Å². The molecule has 0 aliphatic rings. The van der Waals surface area contributed by atoms with E-state index in [0.717, 1.165) is 25.7 Å². The number of carboxylic acids is 1. The molecule has 12 heteroatoms. The highest BCUT2D eigenvalue weighted by molar-refractivity contribution is 6.32. The molecule has 0 fully saturated rings. The minimum Gasteiger partial charge on any atom is -0.476 e. The number of carbonyl (C=O) groups excluding carboxylic acids is 3. The van der Waals surface area contributed by atoms with Gasteiger partial charge in [-0.1, -0.05) is 26.2 Å². The van der Waals surface area contributed by atoms with Crippen LogP contribution in [0.4, 0.5) is 0 Å². The minimum absolute atomic E-state index is 0.0148. The van der Waals surface area contributed by atoms with E-state index >= 15 is 0 Å². The average molecular weight is 523 g/mol. The number of carbonyl (C=O) groups is 4. The fourth-order valence-electron chi connectivity index (χ4n) is 2.57. The first-order valence-corrected chi connectivity index (χ1v) is 12.4. The molecule has 0 saturated heterocycles. The van der Waals surface area contributed by atoms with E-state index in [4.69, 9.17) is 38.3 Å². The predicted molar refractivity (Wildman–Crippen MR) is 127 cm³/mol. The second-order valence-electron chi connectivity index (χ2n) is 7.54. The Balaban J connectivity index is 3.21. The molecule has 0 saturated carbocycles. The van der Waals surface area contributed by atoms with Crippen LogP contribution in [0, 0.1) is 0 Å². The summed E-state index contributed by atoms with van der Waals surface area (Å²) in [7, 11) is 0. The van der Waals surface area contributed by atoms with Gasteiger partial charge in [0, 0.05) is 12.8 Å². The lowest BCUT2D eigenvalue weighted by Gasteiger charge is -2.08. The molecule has 0 spiro atoms. The van der Waals surface area contributed by atoms with E-state index in [2.05, 4.69) is 6.92 Å². The maximum Gasteiger partial charge on any atom is 0.372 e. The molecule has 0 radical (unpaired) electrons. The van der Waals surface area contributed by atoms with Gasteiger partial charge in [0.15, 0.2) is 0 Å². The molecule has 0 aromatic carbocycles. The van der Waals surface area contributed by atoms with E-state index in [0.29, 0.717) is 65.9 Å². The highest BCUT2D eigenvalue weighted by Gasteiger charge is 2.14. The van der Waals surface area contributed by atoms with Gasteiger partial charge in [-0.25, -0.2) is 4.79 Å². The Bertz CT molecular complexity index is 581. The Morgan fingerprint density at radius 2 is 0.889 bits per heavy atom. The van der Waals surface area contributed by atoms with Gasteiger partial charge in [-0.05, 0) is 6.42 Å². The third-order valence-electron chi connectivity index (χ3n) is 4.50. The number of aliphatic carboxylic acids is 1. The third kappa shape index (κ3) is 25.0. The summed E-state index contributed by atoms with van der Waals surface area (Å²) in [6.45, 7) is 6.11. The van der Waals surface area contributed by atoms with E-state index in [9.17, 15) is 19.2 Å². The highest BCUT2D eigenvalue weighted by Crippen LogP contribution is 2.03. The number of ether oxygens (including phenoxy) is 7. The molecule has 0 unspecified atom stereocenters. The second-order valence-corrected chi connectivity index (χ2v) is 7.54. The normalized spacial score (nSPS) is 10.8. The Hall–Kier alpha value is -2.12. The summed E-state index contributed by atoms with van der Waals surface area (Å²) in [5.74, 6) is -3.41. The van der Waals surface area contributed by atoms with Gasteiger partial charge in [-0.3, -0.25) is 14.4 Å². The fourth-order valence-corrected chi connectivity index (χ4v) is 2.57. The molecule has 210 valence electrons. The number of Topliss-reactive ketones (excluding diaryl/α,β-unsaturated/α-hetero) is 1. The molecule has 0 amide bonds. The standard InChI is InChI=1S/C24H42O12/c1-2-3-4-5-6-22(26)35-19-17-33-15-13-31-11-9-30-10-12-32-14-16-34-18-20-36-23(27)8-7-21(25)24(28)29/h2-20H2,1H3,(H,28,29). The third-order valence-corrected chi connectivity index (χ3v) is 4.50. The topological polar surface area (TPSA) is 153 Å². The van der Waals surface area contributed by atoms with Gasteiger partial charge in [0.2, 0.25) is 5.78 Å². The Kier molecular flexibility index (Phi) is 24.4. The van der Waals surface area contributed by atoms with Crippen molar-refractivity contribution in [1.82, 2.24) is 0 Å². The summed E-state index contributed by atoms with van der Waals surface area (Å²) >= 11 is 0. The van der Waals surface area contributed by atoms with Gasteiger partial charge in [0.1, 0.15) is 13.2 Å². The molecule has 12 nitrogen and oxygen atoms in total. The van der Waals surface area contributed by atoms with Gasteiger partial charge in [-0.2, -0.15) is 0 Å². The van der Waals surface area contributed by atoms with Crippen LogP contribution in [-0.4, -0.2) is 108 Å². The molecule has 0 aromatic heterocycles. The lowest BCUT2D eigenvalue weighted by Crippen LogP contribution is -2.17. The molecule has 36 heavy (non-hydrogen) atoms. The highest BCUT2D eigenvalue weighted by atomic mass is 16.6. The van der Waals surface area contributed by atoms with Crippen LogP contribution in [0.3, 0.4) is 0 Å². The van der Waals surface area contributed by atoms with Crippen molar-refractivity contribution >= 4 is 23.7 Å². The van der Waals surface area contributed by atoms with Gasteiger partial charge >= 0.3 is 17.9 Å². The van der Waals surface area contributed by atoms with Crippen molar-refractivity contribution in [2.24, 2.45) is 0 Å². The Labute approximate surface area is 212 Å². The van der Waals surface area contributed by atoms with Crippen molar-refractivity contribution in [3.63, 3.8) is 0 Å². The van der Waals surface area contributed by atoms with E-state index in [1.165, 1.54) is 0 Å². The van der Waals surface area contributed by atoms with Gasteiger partial charge in [0.25, 0.3) is 0 Å². The summed E-state index contributed by atoms with van der Waals surface area (Å²) < 4.78 is 36.6. The molecule has 0 aliphatic carbocycles. The van der Waals surface area contributed by atoms with E-state index in [1.54, 1.807) is 0 Å². The summed E-state index contributed by atoms with van der Waals surface area (Å²) in [4.78, 5) is 44.0. The van der Waals surface area contributed by atoms with Crippen LogP contribution in [-0.2, 0) is 52.3 Å². The van der Waals surface area contributed by atoms with E-state index in [1.807, 2.05) is 0 Å². The number of rotatable bonds is 27. The number of esters is 2. The number of hydrogen-bond donors (Lipinski definition) is 1. The Morgan fingerprint density at radius 3 is 1.28 bits per heavy atom. The van der Waals surface area contributed by atoms with Crippen molar-refractivity contribution in [3.8, 4) is 0 Å². The smallest absolute Gasteiger partial charge is 0.372 e. The molecule has 1 N–H and O–H groups in total. The van der Waals surface area contributed by atoms with Crippen molar-refractivity contribution in [3.05, 3.63) is 0 Å². The molecule has 0 heterocycles.